The molecule has 4 aromatic rings. The van der Waals surface area contributed by atoms with Gasteiger partial charge in [-0.2, -0.15) is 0 Å². The largest absolute Gasteiger partial charge is 0.478 e. The number of rotatable bonds is 5. The molecule has 1 saturated carbocycles. The molecule has 2 heterocycles. The number of carboxylic acids is 1. The Bertz CT molecular complexity index is 1340. The van der Waals surface area contributed by atoms with Crippen LogP contribution in [0.2, 0.25) is 5.02 Å². The molecule has 157 valence electrons. The van der Waals surface area contributed by atoms with Gasteiger partial charge in [0.05, 0.1) is 28.0 Å². The van der Waals surface area contributed by atoms with Gasteiger partial charge in [0.1, 0.15) is 0 Å². The predicted octanol–water partition coefficient (Wildman–Crippen LogP) is 6.30. The number of carboxylic acid groups (broad SMARTS) is 1. The van der Waals surface area contributed by atoms with Gasteiger partial charge in [-0.05, 0) is 49.2 Å². The summed E-state index contributed by atoms with van der Waals surface area (Å²) in [5.74, 6) is -2.52. The van der Waals surface area contributed by atoms with Crippen LogP contribution >= 0.6 is 23.4 Å². The average Bonchev–Trinajstić information content (AvgIpc) is 3.55. The topological polar surface area (TPSA) is 55.1 Å². The summed E-state index contributed by atoms with van der Waals surface area (Å²) in [6, 6.07) is 11.1. The van der Waals surface area contributed by atoms with Gasteiger partial charge in [-0.3, -0.25) is 4.98 Å². The van der Waals surface area contributed by atoms with Gasteiger partial charge in [-0.15, -0.1) is 0 Å². The molecule has 1 aliphatic carbocycles. The third kappa shape index (κ3) is 3.97. The molecule has 0 saturated heterocycles. The molecule has 1 fully saturated rings. The minimum Gasteiger partial charge on any atom is -0.478 e. The van der Waals surface area contributed by atoms with Crippen molar-refractivity contribution in [2.45, 2.75) is 28.6 Å². The summed E-state index contributed by atoms with van der Waals surface area (Å²) in [4.78, 5) is 16.4. The fourth-order valence-electron chi connectivity index (χ4n) is 3.75. The van der Waals surface area contributed by atoms with Gasteiger partial charge in [0.25, 0.3) is 0 Å². The van der Waals surface area contributed by atoms with E-state index in [0.717, 1.165) is 30.3 Å². The van der Waals surface area contributed by atoms with Crippen LogP contribution in [0, 0.1) is 11.6 Å². The molecule has 0 aliphatic heterocycles. The summed E-state index contributed by atoms with van der Waals surface area (Å²) >= 11 is 7.22. The van der Waals surface area contributed by atoms with Crippen molar-refractivity contribution in [1.82, 2.24) is 9.55 Å². The van der Waals surface area contributed by atoms with Gasteiger partial charge in [-0.1, -0.05) is 29.4 Å². The summed E-state index contributed by atoms with van der Waals surface area (Å²) in [5.41, 5.74) is 1.44. The molecule has 0 amide bonds. The first-order chi connectivity index (χ1) is 15.0. The molecule has 0 bridgehead atoms. The van der Waals surface area contributed by atoms with Crippen molar-refractivity contribution >= 4 is 69.8 Å². The number of aromatic nitrogens is 2. The minimum absolute atomic E-state index is 0. The second-order valence-corrected chi connectivity index (χ2v) is 8.78. The van der Waals surface area contributed by atoms with E-state index in [2.05, 4.69) is 4.98 Å². The second-order valence-electron chi connectivity index (χ2n) is 7.32. The molecule has 2 aromatic heterocycles. The first-order valence-electron chi connectivity index (χ1n) is 9.59. The van der Waals surface area contributed by atoms with Crippen molar-refractivity contribution in [2.24, 2.45) is 0 Å². The van der Waals surface area contributed by atoms with E-state index in [1.807, 2.05) is 10.6 Å². The maximum Gasteiger partial charge on any atom is 0.338 e. The summed E-state index contributed by atoms with van der Waals surface area (Å²) in [6.45, 7) is 0. The SMILES string of the molecule is O=C(O)c1cccc(Sc2c(C3CC3)n(-c3cccnc3)c3c(F)c(Cl)ccc23)c1F.[Na]. The maximum atomic E-state index is 15.3. The van der Waals surface area contributed by atoms with Crippen molar-refractivity contribution in [2.75, 3.05) is 0 Å². The fourth-order valence-corrected chi connectivity index (χ4v) is 5.11. The number of hydrogen-bond donors (Lipinski definition) is 1. The molecule has 4 nitrogen and oxygen atoms in total. The van der Waals surface area contributed by atoms with E-state index in [4.69, 9.17) is 11.6 Å². The molecule has 32 heavy (non-hydrogen) atoms. The Hall–Kier alpha value is -1.90. The Morgan fingerprint density at radius 1 is 1.12 bits per heavy atom. The quantitative estimate of drug-likeness (QED) is 0.341. The molecule has 0 unspecified atom stereocenters. The summed E-state index contributed by atoms with van der Waals surface area (Å²) < 4.78 is 32.0. The smallest absolute Gasteiger partial charge is 0.338 e. The molecular formula is C23H15ClF2N2NaO2S. The van der Waals surface area contributed by atoms with Crippen LogP contribution in [0.4, 0.5) is 8.78 Å². The third-order valence-electron chi connectivity index (χ3n) is 5.28. The van der Waals surface area contributed by atoms with Gasteiger partial charge in [0.15, 0.2) is 11.6 Å². The zero-order valence-corrected chi connectivity index (χ0v) is 20.6. The number of benzene rings is 2. The number of carbonyl (C=O) groups is 1. The van der Waals surface area contributed by atoms with Crippen LogP contribution in [-0.2, 0) is 0 Å². The Morgan fingerprint density at radius 3 is 2.56 bits per heavy atom. The number of nitrogens with zero attached hydrogens (tertiary/aromatic N) is 2. The number of pyridine rings is 1. The number of aromatic carboxylic acids is 1. The van der Waals surface area contributed by atoms with Crippen molar-refractivity contribution < 1.29 is 18.7 Å². The standard InChI is InChI=1S/C23H15ClF2N2O2S.Na/c24-16-9-8-15-21(19(16)26)28(13-3-2-10-27-11-13)20(12-6-7-12)22(15)31-17-5-1-4-14(18(17)25)23(29)30;/h1-5,8-12H,6-7H2,(H,29,30);. The Morgan fingerprint density at radius 2 is 1.91 bits per heavy atom. The van der Waals surface area contributed by atoms with E-state index < -0.39 is 23.2 Å². The van der Waals surface area contributed by atoms with E-state index in [1.165, 1.54) is 24.3 Å². The average molecular weight is 480 g/mol. The molecule has 0 spiro atoms. The zero-order valence-electron chi connectivity index (χ0n) is 17.0. The van der Waals surface area contributed by atoms with Gasteiger partial charge in [-0.25, -0.2) is 13.6 Å². The Labute approximate surface area is 213 Å². The summed E-state index contributed by atoms with van der Waals surface area (Å²) in [7, 11) is 0. The molecule has 1 aliphatic rings. The molecule has 2 aromatic carbocycles. The van der Waals surface area contributed by atoms with Gasteiger partial charge in [0.2, 0.25) is 0 Å². The maximum absolute atomic E-state index is 15.3. The monoisotopic (exact) mass is 479 g/mol. The van der Waals surface area contributed by atoms with Crippen LogP contribution < -0.4 is 0 Å². The van der Waals surface area contributed by atoms with E-state index in [9.17, 15) is 14.3 Å². The van der Waals surface area contributed by atoms with Crippen molar-refractivity contribution in [3.8, 4) is 5.69 Å². The molecule has 1 N–H and O–H groups in total. The van der Waals surface area contributed by atoms with Crippen LogP contribution in [0.1, 0.15) is 34.8 Å². The molecule has 9 heteroatoms. The first-order valence-corrected chi connectivity index (χ1v) is 10.8. The Kier molecular flexibility index (Phi) is 6.66. The van der Waals surface area contributed by atoms with Gasteiger partial charge >= 0.3 is 5.97 Å². The number of halogens is 3. The van der Waals surface area contributed by atoms with E-state index in [0.29, 0.717) is 21.5 Å². The first kappa shape index (κ1) is 23.3. The minimum atomic E-state index is -1.34. The van der Waals surface area contributed by atoms with Crippen LogP contribution in [0.15, 0.2) is 64.6 Å². The van der Waals surface area contributed by atoms with Crippen LogP contribution in [0.5, 0.6) is 0 Å². The molecule has 1 radical (unpaired) electrons. The number of hydrogen-bond acceptors (Lipinski definition) is 3. The van der Waals surface area contributed by atoms with E-state index in [-0.39, 0.29) is 45.4 Å². The molecule has 0 atom stereocenters. The molecular weight excluding hydrogens is 465 g/mol. The summed E-state index contributed by atoms with van der Waals surface area (Å²) in [5, 5.41) is 9.86. The van der Waals surface area contributed by atoms with Crippen molar-refractivity contribution in [1.29, 1.82) is 0 Å². The molecule has 5 rings (SSSR count). The van der Waals surface area contributed by atoms with Gasteiger partial charge in [0, 0.05) is 62.5 Å². The normalized spacial score (nSPS) is 13.2. The van der Waals surface area contributed by atoms with Crippen LogP contribution in [0.3, 0.4) is 0 Å². The van der Waals surface area contributed by atoms with Crippen LogP contribution in [0.25, 0.3) is 16.6 Å². The van der Waals surface area contributed by atoms with Crippen LogP contribution in [-0.4, -0.2) is 50.2 Å². The fraction of sp³-hybridized carbons (Fsp3) is 0.130. The van der Waals surface area contributed by atoms with E-state index >= 15 is 4.39 Å². The zero-order chi connectivity index (χ0) is 21.7. The van der Waals surface area contributed by atoms with Gasteiger partial charge < -0.3 is 9.67 Å². The third-order valence-corrected chi connectivity index (χ3v) is 6.74. The second kappa shape index (κ2) is 9.15. The summed E-state index contributed by atoms with van der Waals surface area (Å²) in [6.07, 6.45) is 5.14. The number of fused-ring (bicyclic) bond motifs is 1. The predicted molar refractivity (Wildman–Crippen MR) is 121 cm³/mol. The Balaban J connectivity index is 0.00000245. The van der Waals surface area contributed by atoms with Crippen molar-refractivity contribution in [3.63, 3.8) is 0 Å². The van der Waals surface area contributed by atoms with Crippen molar-refractivity contribution in [3.05, 3.63) is 82.8 Å². The van der Waals surface area contributed by atoms with E-state index in [1.54, 1.807) is 24.5 Å².